The lowest BCUT2D eigenvalue weighted by atomic mass is 10.1. The topological polar surface area (TPSA) is 49.9 Å². The molecule has 26 heavy (non-hydrogen) atoms. The predicted molar refractivity (Wildman–Crippen MR) is 102 cm³/mol. The molecule has 1 aromatic carbocycles. The van der Waals surface area contributed by atoms with Gasteiger partial charge in [0.25, 0.3) is 5.91 Å². The van der Waals surface area contributed by atoms with E-state index in [9.17, 15) is 9.59 Å². The summed E-state index contributed by atoms with van der Waals surface area (Å²) in [6.07, 6.45) is 9.52. The fraction of sp³-hybridized carbons (Fsp3) is 0.333. The second kappa shape index (κ2) is 10.2. The molecule has 0 aromatic heterocycles. The summed E-state index contributed by atoms with van der Waals surface area (Å²) in [6.45, 7) is 5.55. The van der Waals surface area contributed by atoms with Crippen LogP contribution in [0.3, 0.4) is 0 Å². The number of hydrogen-bond donors (Lipinski definition) is 0. The maximum atomic E-state index is 13.0. The van der Waals surface area contributed by atoms with E-state index in [0.29, 0.717) is 38.2 Å². The van der Waals surface area contributed by atoms with Crippen LogP contribution in [0.4, 0.5) is 4.79 Å². The van der Waals surface area contributed by atoms with Gasteiger partial charge < -0.3 is 9.64 Å². The maximum absolute atomic E-state index is 13.0. The largest absolute Gasteiger partial charge is 0.449 e. The van der Waals surface area contributed by atoms with Gasteiger partial charge in [-0.15, -0.1) is 0 Å². The zero-order valence-electron chi connectivity index (χ0n) is 15.4. The fourth-order valence-corrected chi connectivity index (χ4v) is 2.67. The van der Waals surface area contributed by atoms with Crippen LogP contribution in [0.2, 0.25) is 0 Å². The zero-order valence-corrected chi connectivity index (χ0v) is 15.4. The Hall–Kier alpha value is -2.82. The summed E-state index contributed by atoms with van der Waals surface area (Å²) >= 11 is 0. The van der Waals surface area contributed by atoms with Gasteiger partial charge in [0, 0.05) is 31.4 Å². The van der Waals surface area contributed by atoms with E-state index in [4.69, 9.17) is 4.74 Å². The van der Waals surface area contributed by atoms with Crippen LogP contribution in [-0.4, -0.2) is 41.5 Å². The first-order valence-electron chi connectivity index (χ1n) is 8.90. The standard InChI is InChI=1S/C21H26N2O3/c1-3-5-6-10-14-22(16-18-11-8-7-9-12-18)20(24)19-13-15-23(17-19)21(25)26-4-2/h3,5-12,17H,4,13-16H2,1-2H3/b5-3-,10-6+. The Morgan fingerprint density at radius 3 is 2.69 bits per heavy atom. The smallest absolute Gasteiger partial charge is 0.413 e. The number of benzene rings is 1. The van der Waals surface area contributed by atoms with Crippen molar-refractivity contribution in [2.75, 3.05) is 19.7 Å². The zero-order chi connectivity index (χ0) is 18.8. The second-order valence-electron chi connectivity index (χ2n) is 5.92. The van der Waals surface area contributed by atoms with Gasteiger partial charge in [0.15, 0.2) is 0 Å². The van der Waals surface area contributed by atoms with E-state index in [0.717, 1.165) is 5.56 Å². The molecule has 2 rings (SSSR count). The third-order valence-corrected chi connectivity index (χ3v) is 3.98. The molecule has 0 saturated carbocycles. The average Bonchev–Trinajstić information content (AvgIpc) is 3.15. The van der Waals surface area contributed by atoms with Crippen molar-refractivity contribution in [3.8, 4) is 0 Å². The number of amides is 2. The van der Waals surface area contributed by atoms with Crippen LogP contribution in [0, 0.1) is 0 Å². The summed E-state index contributed by atoms with van der Waals surface area (Å²) in [5.41, 5.74) is 1.70. The summed E-state index contributed by atoms with van der Waals surface area (Å²) < 4.78 is 5.00. The maximum Gasteiger partial charge on any atom is 0.413 e. The van der Waals surface area contributed by atoms with Crippen molar-refractivity contribution in [1.82, 2.24) is 9.80 Å². The van der Waals surface area contributed by atoms with E-state index in [2.05, 4.69) is 0 Å². The minimum atomic E-state index is -0.405. The number of hydrogen-bond acceptors (Lipinski definition) is 3. The van der Waals surface area contributed by atoms with E-state index in [1.165, 1.54) is 4.90 Å². The molecule has 0 spiro atoms. The number of allylic oxidation sites excluding steroid dienone is 3. The Kier molecular flexibility index (Phi) is 7.68. The van der Waals surface area contributed by atoms with Gasteiger partial charge >= 0.3 is 6.09 Å². The molecule has 5 heteroatoms. The monoisotopic (exact) mass is 354 g/mol. The molecule has 0 N–H and O–H groups in total. The highest BCUT2D eigenvalue weighted by Crippen LogP contribution is 2.19. The summed E-state index contributed by atoms with van der Waals surface area (Å²) in [5.74, 6) is -0.0502. The molecule has 1 aromatic rings. The van der Waals surface area contributed by atoms with Gasteiger partial charge in [-0.1, -0.05) is 54.6 Å². The first-order valence-corrected chi connectivity index (χ1v) is 8.90. The molecule has 0 unspecified atom stereocenters. The van der Waals surface area contributed by atoms with Crippen molar-refractivity contribution < 1.29 is 14.3 Å². The summed E-state index contributed by atoms with van der Waals surface area (Å²) in [7, 11) is 0. The molecule has 1 heterocycles. The second-order valence-corrected chi connectivity index (χ2v) is 5.92. The van der Waals surface area contributed by atoms with E-state index in [1.807, 2.05) is 61.6 Å². The normalized spacial score (nSPS) is 14.1. The molecule has 0 aliphatic carbocycles. The van der Waals surface area contributed by atoms with Crippen molar-refractivity contribution >= 4 is 12.0 Å². The number of nitrogens with zero attached hydrogens (tertiary/aromatic N) is 2. The van der Waals surface area contributed by atoms with Crippen LogP contribution in [0.5, 0.6) is 0 Å². The Labute approximate surface area is 155 Å². The Morgan fingerprint density at radius 2 is 2.00 bits per heavy atom. The number of carbonyl (C=O) groups is 2. The summed E-state index contributed by atoms with van der Waals surface area (Å²) in [4.78, 5) is 28.1. The van der Waals surface area contributed by atoms with Crippen LogP contribution in [0.1, 0.15) is 25.8 Å². The third kappa shape index (κ3) is 5.62. The van der Waals surface area contributed by atoms with Gasteiger partial charge in [0.05, 0.1) is 6.61 Å². The first-order chi connectivity index (χ1) is 12.7. The van der Waals surface area contributed by atoms with Crippen molar-refractivity contribution in [2.24, 2.45) is 0 Å². The van der Waals surface area contributed by atoms with E-state index >= 15 is 0 Å². The van der Waals surface area contributed by atoms with Gasteiger partial charge in [0.1, 0.15) is 0 Å². The minimum Gasteiger partial charge on any atom is -0.449 e. The predicted octanol–water partition coefficient (Wildman–Crippen LogP) is 3.89. The van der Waals surface area contributed by atoms with E-state index < -0.39 is 6.09 Å². The van der Waals surface area contributed by atoms with Crippen LogP contribution in [-0.2, 0) is 16.1 Å². The Bertz CT molecular complexity index is 692. The van der Waals surface area contributed by atoms with Crippen molar-refractivity contribution in [3.05, 3.63) is 72.0 Å². The molecular weight excluding hydrogens is 328 g/mol. The van der Waals surface area contributed by atoms with Crippen LogP contribution in [0.25, 0.3) is 0 Å². The Morgan fingerprint density at radius 1 is 1.23 bits per heavy atom. The van der Waals surface area contributed by atoms with Crippen molar-refractivity contribution in [3.63, 3.8) is 0 Å². The molecule has 5 nitrogen and oxygen atoms in total. The molecule has 2 amide bonds. The molecule has 138 valence electrons. The highest BCUT2D eigenvalue weighted by atomic mass is 16.6. The SMILES string of the molecule is C/C=C\C=C\CN(Cc1ccccc1)C(=O)C1=CN(C(=O)OCC)CC1. The van der Waals surface area contributed by atoms with Crippen LogP contribution >= 0.6 is 0 Å². The quantitative estimate of drug-likeness (QED) is 0.698. The minimum absolute atomic E-state index is 0.0502. The van der Waals surface area contributed by atoms with Crippen LogP contribution in [0.15, 0.2) is 66.4 Å². The first kappa shape index (κ1) is 19.5. The van der Waals surface area contributed by atoms with Crippen molar-refractivity contribution in [1.29, 1.82) is 0 Å². The van der Waals surface area contributed by atoms with Gasteiger partial charge in [-0.3, -0.25) is 9.69 Å². The number of ether oxygens (including phenoxy) is 1. The van der Waals surface area contributed by atoms with Crippen molar-refractivity contribution in [2.45, 2.75) is 26.8 Å². The Balaban J connectivity index is 2.11. The number of carbonyl (C=O) groups excluding carboxylic acids is 2. The van der Waals surface area contributed by atoms with E-state index in [-0.39, 0.29) is 5.91 Å². The molecule has 0 bridgehead atoms. The highest BCUT2D eigenvalue weighted by molar-refractivity contribution is 5.94. The average molecular weight is 354 g/mol. The highest BCUT2D eigenvalue weighted by Gasteiger charge is 2.26. The van der Waals surface area contributed by atoms with Gasteiger partial charge in [-0.2, -0.15) is 0 Å². The summed E-state index contributed by atoms with van der Waals surface area (Å²) in [6, 6.07) is 9.89. The lowest BCUT2D eigenvalue weighted by molar-refractivity contribution is -0.127. The molecule has 0 fully saturated rings. The summed E-state index contributed by atoms with van der Waals surface area (Å²) in [5, 5.41) is 0. The molecule has 1 aliphatic rings. The molecule has 0 atom stereocenters. The lowest BCUT2D eigenvalue weighted by Crippen LogP contribution is -2.31. The molecule has 0 saturated heterocycles. The number of rotatable bonds is 7. The molecule has 0 radical (unpaired) electrons. The third-order valence-electron chi connectivity index (χ3n) is 3.98. The van der Waals surface area contributed by atoms with Gasteiger partial charge in [-0.05, 0) is 25.8 Å². The van der Waals surface area contributed by atoms with Crippen LogP contribution < -0.4 is 0 Å². The lowest BCUT2D eigenvalue weighted by Gasteiger charge is -2.21. The molecule has 1 aliphatic heterocycles. The van der Waals surface area contributed by atoms with Gasteiger partial charge in [-0.25, -0.2) is 4.79 Å². The van der Waals surface area contributed by atoms with Gasteiger partial charge in [0.2, 0.25) is 0 Å². The van der Waals surface area contributed by atoms with E-state index in [1.54, 1.807) is 18.0 Å². The fourth-order valence-electron chi connectivity index (χ4n) is 2.67. The molecular formula is C21H26N2O3.